The molecule has 0 bridgehead atoms. The molecule has 0 saturated heterocycles. The number of nitrogens with one attached hydrogen (secondary N) is 1. The van der Waals surface area contributed by atoms with Gasteiger partial charge >= 0.3 is 47.6 Å². The molecule has 1 N–H and O–H groups in total. The molecule has 7 nitrogen and oxygen atoms in total. The zero-order valence-corrected chi connectivity index (χ0v) is 15.0. The van der Waals surface area contributed by atoms with Crippen LogP contribution in [0.3, 0.4) is 0 Å². The van der Waals surface area contributed by atoms with Crippen LogP contribution >= 0.6 is 11.6 Å². The van der Waals surface area contributed by atoms with Gasteiger partial charge in [-0.15, -0.1) is 0 Å². The van der Waals surface area contributed by atoms with Crippen molar-refractivity contribution in [1.29, 1.82) is 0 Å². The number of esters is 2. The SMILES string of the molecule is CC(C)CC(=O)OCOC(=O)NCCCC(=O)Oc1ccc(Cl)cc1.[NaH]. The van der Waals surface area contributed by atoms with E-state index >= 15 is 0 Å². The molecule has 0 fully saturated rings. The van der Waals surface area contributed by atoms with Gasteiger partial charge in [-0.05, 0) is 36.6 Å². The van der Waals surface area contributed by atoms with Crippen molar-refractivity contribution in [1.82, 2.24) is 5.32 Å². The average Bonchev–Trinajstić information content (AvgIpc) is 2.53. The minimum atomic E-state index is -0.719. The summed E-state index contributed by atoms with van der Waals surface area (Å²) in [5.74, 6) is -0.258. The number of rotatable bonds is 9. The summed E-state index contributed by atoms with van der Waals surface area (Å²) < 4.78 is 14.5. The van der Waals surface area contributed by atoms with E-state index in [1.807, 2.05) is 13.8 Å². The monoisotopic (exact) mass is 395 g/mol. The Hall–Kier alpha value is -1.28. The first-order chi connectivity index (χ1) is 11.9. The second-order valence-electron chi connectivity index (χ2n) is 5.62. The number of benzene rings is 1. The van der Waals surface area contributed by atoms with Gasteiger partial charge in [0, 0.05) is 24.4 Å². The van der Waals surface area contributed by atoms with Gasteiger partial charge in [0.05, 0.1) is 0 Å². The fraction of sp³-hybridized carbons (Fsp3) is 0.471. The van der Waals surface area contributed by atoms with E-state index in [9.17, 15) is 14.4 Å². The minimum absolute atomic E-state index is 0. The van der Waals surface area contributed by atoms with Crippen LogP contribution in [0.2, 0.25) is 5.02 Å². The van der Waals surface area contributed by atoms with Crippen LogP contribution < -0.4 is 10.1 Å². The third-order valence-electron chi connectivity index (χ3n) is 2.86. The van der Waals surface area contributed by atoms with Crippen LogP contribution in [0.15, 0.2) is 24.3 Å². The molecule has 9 heteroatoms. The quantitative estimate of drug-likeness (QED) is 0.227. The summed E-state index contributed by atoms with van der Waals surface area (Å²) in [5, 5.41) is 3.00. The molecule has 1 aromatic rings. The number of carbonyl (C=O) groups excluding carboxylic acids is 3. The van der Waals surface area contributed by atoms with E-state index in [2.05, 4.69) is 10.1 Å². The van der Waals surface area contributed by atoms with Gasteiger partial charge in [0.2, 0.25) is 6.79 Å². The Morgan fingerprint density at radius 1 is 1.08 bits per heavy atom. The topological polar surface area (TPSA) is 90.9 Å². The van der Waals surface area contributed by atoms with E-state index in [0.717, 1.165) is 0 Å². The van der Waals surface area contributed by atoms with Gasteiger partial charge in [-0.2, -0.15) is 0 Å². The number of amides is 1. The van der Waals surface area contributed by atoms with E-state index in [1.165, 1.54) is 0 Å². The Morgan fingerprint density at radius 2 is 1.73 bits per heavy atom. The van der Waals surface area contributed by atoms with Crippen LogP contribution in [0.25, 0.3) is 0 Å². The molecular weight excluding hydrogens is 373 g/mol. The summed E-state index contributed by atoms with van der Waals surface area (Å²) in [7, 11) is 0. The summed E-state index contributed by atoms with van der Waals surface area (Å²) in [6, 6.07) is 6.43. The molecule has 0 aliphatic rings. The van der Waals surface area contributed by atoms with Crippen molar-refractivity contribution in [2.24, 2.45) is 5.92 Å². The van der Waals surface area contributed by atoms with Crippen LogP contribution in [-0.4, -0.2) is 60.9 Å². The Bertz CT molecular complexity index is 579. The number of hydrogen-bond acceptors (Lipinski definition) is 6. The Kier molecular flexibility index (Phi) is 13.2. The first kappa shape index (κ1) is 24.7. The van der Waals surface area contributed by atoms with Gasteiger partial charge in [0.25, 0.3) is 0 Å². The number of ether oxygens (including phenoxy) is 3. The number of hydrogen-bond donors (Lipinski definition) is 1. The molecule has 0 aliphatic carbocycles. The van der Waals surface area contributed by atoms with Crippen molar-refractivity contribution in [3.8, 4) is 5.75 Å². The van der Waals surface area contributed by atoms with E-state index in [0.29, 0.717) is 17.2 Å². The molecule has 0 saturated carbocycles. The average molecular weight is 396 g/mol. The van der Waals surface area contributed by atoms with Gasteiger partial charge in [-0.3, -0.25) is 9.59 Å². The number of carbonyl (C=O) groups is 3. The second kappa shape index (κ2) is 13.9. The zero-order valence-electron chi connectivity index (χ0n) is 14.2. The third kappa shape index (κ3) is 12.1. The van der Waals surface area contributed by atoms with Gasteiger partial charge in [0.1, 0.15) is 5.75 Å². The maximum absolute atomic E-state index is 11.6. The summed E-state index contributed by atoms with van der Waals surface area (Å²) in [6.45, 7) is 3.56. The normalized spacial score (nSPS) is 9.85. The van der Waals surface area contributed by atoms with Crippen molar-refractivity contribution in [2.75, 3.05) is 13.3 Å². The third-order valence-corrected chi connectivity index (χ3v) is 3.11. The maximum atomic E-state index is 11.6. The molecule has 1 aromatic carbocycles. The summed E-state index contributed by atoms with van der Waals surface area (Å²) in [6.07, 6.45) is 0.0604. The summed E-state index contributed by atoms with van der Waals surface area (Å²) >= 11 is 5.74. The Balaban J connectivity index is 0.00000625. The number of halogens is 1. The molecule has 0 unspecified atom stereocenters. The second-order valence-corrected chi connectivity index (χ2v) is 6.06. The first-order valence-corrected chi connectivity index (χ1v) is 8.27. The van der Waals surface area contributed by atoms with E-state index < -0.39 is 24.8 Å². The predicted octanol–water partition coefficient (Wildman–Crippen LogP) is 2.65. The zero-order chi connectivity index (χ0) is 18.7. The molecule has 0 radical (unpaired) electrons. The van der Waals surface area contributed by atoms with Gasteiger partial charge in [-0.1, -0.05) is 25.4 Å². The van der Waals surface area contributed by atoms with E-state index in [4.69, 9.17) is 21.1 Å². The van der Waals surface area contributed by atoms with Crippen molar-refractivity contribution in [2.45, 2.75) is 33.1 Å². The first-order valence-electron chi connectivity index (χ1n) is 7.89. The standard InChI is InChI=1S/C17H22ClNO6.Na.H/c1-12(2)10-16(21)23-11-24-17(22)19-9-3-4-15(20)25-14-7-5-13(18)6-8-14;;/h5-8,12H,3-4,9-11H2,1-2H3,(H,19,22);;. The molecule has 0 spiro atoms. The van der Waals surface area contributed by atoms with Crippen LogP contribution in [-0.2, 0) is 19.1 Å². The Morgan fingerprint density at radius 3 is 2.35 bits per heavy atom. The molecule has 140 valence electrons. The molecular formula is C17H23ClNNaO6. The van der Waals surface area contributed by atoms with Gasteiger partial charge in [0.15, 0.2) is 0 Å². The van der Waals surface area contributed by atoms with Crippen LogP contribution in [0.4, 0.5) is 4.79 Å². The van der Waals surface area contributed by atoms with E-state index in [1.54, 1.807) is 24.3 Å². The molecule has 1 amide bonds. The van der Waals surface area contributed by atoms with Crippen molar-refractivity contribution in [3.05, 3.63) is 29.3 Å². The van der Waals surface area contributed by atoms with Crippen LogP contribution in [0.1, 0.15) is 33.1 Å². The van der Waals surface area contributed by atoms with Crippen molar-refractivity contribution >= 4 is 59.2 Å². The van der Waals surface area contributed by atoms with Crippen LogP contribution in [0, 0.1) is 5.92 Å². The number of alkyl carbamates (subject to hydrolysis) is 1. The molecule has 0 aromatic heterocycles. The summed E-state index contributed by atoms with van der Waals surface area (Å²) in [5.41, 5.74) is 0. The molecule has 1 rings (SSSR count). The molecule has 0 heterocycles. The van der Waals surface area contributed by atoms with Crippen molar-refractivity contribution in [3.63, 3.8) is 0 Å². The molecule has 0 atom stereocenters. The van der Waals surface area contributed by atoms with Gasteiger partial charge < -0.3 is 19.5 Å². The van der Waals surface area contributed by atoms with Crippen molar-refractivity contribution < 1.29 is 28.6 Å². The fourth-order valence-electron chi connectivity index (χ4n) is 1.70. The molecule has 26 heavy (non-hydrogen) atoms. The van der Waals surface area contributed by atoms with Gasteiger partial charge in [-0.25, -0.2) is 4.79 Å². The van der Waals surface area contributed by atoms with Crippen LogP contribution in [0.5, 0.6) is 5.75 Å². The predicted molar refractivity (Wildman–Crippen MR) is 98.4 cm³/mol. The summed E-state index contributed by atoms with van der Waals surface area (Å²) in [4.78, 5) is 34.2. The van der Waals surface area contributed by atoms with E-state index in [-0.39, 0.29) is 54.9 Å². The Labute approximate surface area is 180 Å². The fourth-order valence-corrected chi connectivity index (χ4v) is 1.83. The molecule has 0 aliphatic heterocycles.